The molecule has 162 valence electrons. The zero-order chi connectivity index (χ0) is 22.5. The summed E-state index contributed by atoms with van der Waals surface area (Å²) in [5, 5.41) is 0. The summed E-state index contributed by atoms with van der Waals surface area (Å²) in [5.41, 5.74) is 0.982. The number of anilines is 1. The van der Waals surface area contributed by atoms with Crippen LogP contribution >= 0.6 is 11.8 Å². The first kappa shape index (κ1) is 20.6. The number of carbonyl (C=O) groups is 2. The smallest absolute Gasteiger partial charge is 0.268 e. The van der Waals surface area contributed by atoms with Crippen LogP contribution in [0.2, 0.25) is 0 Å². The SMILES string of the molecule is O=C(c1cccc(F)c1)N1CCS[C@@]12C(=O)N(Cc1c(F)cccc1F)c1ccccc12. The molecule has 2 heterocycles. The van der Waals surface area contributed by atoms with Crippen molar-refractivity contribution in [3.8, 4) is 0 Å². The summed E-state index contributed by atoms with van der Waals surface area (Å²) in [6.07, 6.45) is 0. The summed E-state index contributed by atoms with van der Waals surface area (Å²) >= 11 is 1.29. The van der Waals surface area contributed by atoms with E-state index in [0.717, 1.165) is 18.2 Å². The lowest BCUT2D eigenvalue weighted by molar-refractivity contribution is -0.123. The molecule has 2 aliphatic heterocycles. The number of fused-ring (bicyclic) bond motifs is 2. The zero-order valence-electron chi connectivity index (χ0n) is 16.7. The monoisotopic (exact) mass is 454 g/mol. The van der Waals surface area contributed by atoms with Gasteiger partial charge in [0.1, 0.15) is 17.5 Å². The van der Waals surface area contributed by atoms with E-state index in [1.54, 1.807) is 24.3 Å². The predicted molar refractivity (Wildman–Crippen MR) is 116 cm³/mol. The molecule has 0 bridgehead atoms. The summed E-state index contributed by atoms with van der Waals surface area (Å²) in [7, 11) is 0. The molecular formula is C24H17F3N2O2S. The Morgan fingerprint density at radius 3 is 2.44 bits per heavy atom. The maximum atomic E-state index is 14.4. The molecule has 8 heteroatoms. The minimum atomic E-state index is -1.37. The number of para-hydroxylation sites is 1. The van der Waals surface area contributed by atoms with Gasteiger partial charge < -0.3 is 9.80 Å². The zero-order valence-corrected chi connectivity index (χ0v) is 17.5. The number of thioether (sulfide) groups is 1. The second-order valence-electron chi connectivity index (χ2n) is 7.57. The van der Waals surface area contributed by atoms with Crippen LogP contribution in [0.5, 0.6) is 0 Å². The number of amides is 2. The lowest BCUT2D eigenvalue weighted by Gasteiger charge is -2.33. The molecule has 0 aliphatic carbocycles. The van der Waals surface area contributed by atoms with Crippen molar-refractivity contribution in [3.63, 3.8) is 0 Å². The van der Waals surface area contributed by atoms with Crippen LogP contribution in [0.25, 0.3) is 0 Å². The van der Waals surface area contributed by atoms with Crippen molar-refractivity contribution in [1.82, 2.24) is 4.90 Å². The second kappa shape index (κ2) is 7.70. The predicted octanol–water partition coefficient (Wildman–Crippen LogP) is 4.69. The number of rotatable bonds is 3. The third-order valence-electron chi connectivity index (χ3n) is 5.80. The largest absolute Gasteiger partial charge is 0.311 e. The summed E-state index contributed by atoms with van der Waals surface area (Å²) in [6, 6.07) is 15.8. The third kappa shape index (κ3) is 3.01. The van der Waals surface area contributed by atoms with Gasteiger partial charge in [0.25, 0.3) is 11.8 Å². The van der Waals surface area contributed by atoms with Crippen molar-refractivity contribution in [2.75, 3.05) is 17.2 Å². The van der Waals surface area contributed by atoms with Crippen molar-refractivity contribution in [2.45, 2.75) is 11.4 Å². The molecule has 1 spiro atoms. The van der Waals surface area contributed by atoms with E-state index in [4.69, 9.17) is 0 Å². The van der Waals surface area contributed by atoms with Crippen LogP contribution in [0, 0.1) is 17.5 Å². The van der Waals surface area contributed by atoms with E-state index >= 15 is 0 Å². The molecule has 3 aromatic rings. The fourth-order valence-corrected chi connectivity index (χ4v) is 5.80. The van der Waals surface area contributed by atoms with Crippen molar-refractivity contribution >= 4 is 29.3 Å². The number of hydrogen-bond donors (Lipinski definition) is 0. The van der Waals surface area contributed by atoms with Crippen LogP contribution in [0.1, 0.15) is 21.5 Å². The Hall–Kier alpha value is -3.26. The van der Waals surface area contributed by atoms with E-state index < -0.39 is 34.1 Å². The van der Waals surface area contributed by atoms with E-state index in [1.165, 1.54) is 45.8 Å². The summed E-state index contributed by atoms with van der Waals surface area (Å²) in [5.74, 6) is -2.48. The maximum absolute atomic E-state index is 14.4. The molecule has 0 unspecified atom stereocenters. The van der Waals surface area contributed by atoms with E-state index in [-0.39, 0.29) is 24.2 Å². The topological polar surface area (TPSA) is 40.6 Å². The number of benzene rings is 3. The average Bonchev–Trinajstić information content (AvgIpc) is 3.32. The molecule has 5 rings (SSSR count). The molecule has 1 saturated heterocycles. The third-order valence-corrected chi connectivity index (χ3v) is 7.21. The van der Waals surface area contributed by atoms with Gasteiger partial charge in [0.2, 0.25) is 0 Å². The van der Waals surface area contributed by atoms with Crippen LogP contribution in [-0.2, 0) is 16.2 Å². The standard InChI is InChI=1S/C24H17F3N2O2S/c25-16-6-3-5-15(13-16)22(30)29-11-12-32-24(29)18-7-1-2-10-21(18)28(23(24)31)14-17-19(26)8-4-9-20(17)27/h1-10,13H,11-12,14H2/t24-/m0/s1. The van der Waals surface area contributed by atoms with Crippen LogP contribution in [0.4, 0.5) is 18.9 Å². The highest BCUT2D eigenvalue weighted by Crippen LogP contribution is 2.54. The molecule has 0 saturated carbocycles. The molecule has 2 amide bonds. The van der Waals surface area contributed by atoms with Crippen LogP contribution in [0.3, 0.4) is 0 Å². The molecular weight excluding hydrogens is 437 g/mol. The van der Waals surface area contributed by atoms with E-state index in [2.05, 4.69) is 0 Å². The van der Waals surface area contributed by atoms with Gasteiger partial charge in [-0.1, -0.05) is 30.3 Å². The molecule has 32 heavy (non-hydrogen) atoms. The summed E-state index contributed by atoms with van der Waals surface area (Å²) < 4.78 is 42.5. The minimum Gasteiger partial charge on any atom is -0.311 e. The first-order valence-corrected chi connectivity index (χ1v) is 11.0. The number of hydrogen-bond acceptors (Lipinski definition) is 3. The minimum absolute atomic E-state index is 0.135. The normalized spacial score (nSPS) is 19.7. The van der Waals surface area contributed by atoms with Crippen LogP contribution < -0.4 is 4.90 Å². The first-order valence-electron chi connectivity index (χ1n) is 9.99. The number of halogens is 3. The fraction of sp³-hybridized carbons (Fsp3) is 0.167. The lowest BCUT2D eigenvalue weighted by atomic mass is 10.0. The van der Waals surface area contributed by atoms with Crippen LogP contribution in [0.15, 0.2) is 66.7 Å². The average molecular weight is 454 g/mol. The Labute approximate surface area is 186 Å². The van der Waals surface area contributed by atoms with Crippen molar-refractivity contribution in [2.24, 2.45) is 0 Å². The highest BCUT2D eigenvalue weighted by molar-refractivity contribution is 8.01. The Morgan fingerprint density at radius 2 is 1.69 bits per heavy atom. The molecule has 4 nitrogen and oxygen atoms in total. The van der Waals surface area contributed by atoms with Gasteiger partial charge in [0.05, 0.1) is 12.2 Å². The van der Waals surface area contributed by atoms with Crippen molar-refractivity contribution in [3.05, 3.63) is 101 Å². The van der Waals surface area contributed by atoms with E-state index in [9.17, 15) is 22.8 Å². The number of nitrogens with zero attached hydrogens (tertiary/aromatic N) is 2. The molecule has 2 aliphatic rings. The molecule has 0 N–H and O–H groups in total. The summed E-state index contributed by atoms with van der Waals surface area (Å²) in [6.45, 7) is -0.0271. The lowest BCUT2D eigenvalue weighted by Crippen LogP contribution is -2.50. The molecule has 1 fully saturated rings. The van der Waals surface area contributed by atoms with E-state index in [0.29, 0.717) is 17.0 Å². The van der Waals surface area contributed by atoms with E-state index in [1.807, 2.05) is 0 Å². The van der Waals surface area contributed by atoms with Gasteiger partial charge in [-0.15, -0.1) is 11.8 Å². The summed E-state index contributed by atoms with van der Waals surface area (Å²) in [4.78, 5) is 28.5. The number of carbonyl (C=O) groups excluding carboxylic acids is 2. The highest BCUT2D eigenvalue weighted by Gasteiger charge is 2.59. The van der Waals surface area contributed by atoms with Gasteiger partial charge in [-0.3, -0.25) is 9.59 Å². The van der Waals surface area contributed by atoms with Crippen molar-refractivity contribution in [1.29, 1.82) is 0 Å². The fourth-order valence-electron chi connectivity index (χ4n) is 4.34. The van der Waals surface area contributed by atoms with Gasteiger partial charge in [-0.05, 0) is 36.4 Å². The van der Waals surface area contributed by atoms with Crippen molar-refractivity contribution < 1.29 is 22.8 Å². The Morgan fingerprint density at radius 1 is 0.969 bits per heavy atom. The van der Waals surface area contributed by atoms with Gasteiger partial charge in [-0.2, -0.15) is 0 Å². The second-order valence-corrected chi connectivity index (χ2v) is 8.86. The quantitative estimate of drug-likeness (QED) is 0.577. The first-order chi connectivity index (χ1) is 15.4. The molecule has 0 aromatic heterocycles. The Balaban J connectivity index is 1.60. The van der Waals surface area contributed by atoms with Gasteiger partial charge in [-0.25, -0.2) is 13.2 Å². The van der Waals surface area contributed by atoms with Gasteiger partial charge in [0, 0.05) is 29.0 Å². The maximum Gasteiger partial charge on any atom is 0.268 e. The molecule has 3 aromatic carbocycles. The molecule has 0 radical (unpaired) electrons. The Kier molecular flexibility index (Phi) is 4.97. The van der Waals surface area contributed by atoms with Gasteiger partial charge >= 0.3 is 0 Å². The van der Waals surface area contributed by atoms with Gasteiger partial charge in [0.15, 0.2) is 4.87 Å². The Bertz CT molecular complexity index is 1230. The van der Waals surface area contributed by atoms with Crippen LogP contribution in [-0.4, -0.2) is 29.0 Å². The highest BCUT2D eigenvalue weighted by atomic mass is 32.2. The molecule has 1 atom stereocenters.